The van der Waals surface area contributed by atoms with Crippen LogP contribution in [0.3, 0.4) is 0 Å². The standard InChI is InChI=1S/C19H25FN2O3/c1-12-5-6-14(20)11-15(12)18(24)21-16-9-13(10-17(16)23)19(25)22-7-3-2-4-8-22/h5-6,11,13,16-17,23H,2-4,7-10H2,1H3,(H,21,24)/t13-,16+,17+/m0/s1. The van der Waals surface area contributed by atoms with Gasteiger partial charge in [-0.25, -0.2) is 4.39 Å². The van der Waals surface area contributed by atoms with Crippen molar-refractivity contribution in [2.75, 3.05) is 13.1 Å². The van der Waals surface area contributed by atoms with Gasteiger partial charge >= 0.3 is 0 Å². The minimum Gasteiger partial charge on any atom is -0.391 e. The summed E-state index contributed by atoms with van der Waals surface area (Å²) in [6, 6.07) is 3.58. The van der Waals surface area contributed by atoms with Gasteiger partial charge in [0.15, 0.2) is 0 Å². The third-order valence-corrected chi connectivity index (χ3v) is 5.31. The molecule has 3 atom stereocenters. The summed E-state index contributed by atoms with van der Waals surface area (Å²) in [6.45, 7) is 3.30. The lowest BCUT2D eigenvalue weighted by atomic mass is 10.0. The van der Waals surface area contributed by atoms with Crippen molar-refractivity contribution in [3.05, 3.63) is 35.1 Å². The number of nitrogens with one attached hydrogen (secondary N) is 1. The second kappa shape index (κ2) is 7.52. The first kappa shape index (κ1) is 17.9. The molecule has 0 unspecified atom stereocenters. The molecule has 0 radical (unpaired) electrons. The highest BCUT2D eigenvalue weighted by Crippen LogP contribution is 2.29. The van der Waals surface area contributed by atoms with Crippen LogP contribution in [0.5, 0.6) is 0 Å². The molecule has 2 N–H and O–H groups in total. The molecule has 1 saturated carbocycles. The molecule has 2 fully saturated rings. The van der Waals surface area contributed by atoms with Crippen LogP contribution in [0, 0.1) is 18.7 Å². The molecule has 1 saturated heterocycles. The number of nitrogens with zero attached hydrogens (tertiary/aromatic N) is 1. The molecule has 1 aromatic rings. The lowest BCUT2D eigenvalue weighted by Gasteiger charge is -2.29. The van der Waals surface area contributed by atoms with Crippen molar-refractivity contribution in [2.45, 2.75) is 51.2 Å². The van der Waals surface area contributed by atoms with Crippen LogP contribution >= 0.6 is 0 Å². The molecule has 0 spiro atoms. The van der Waals surface area contributed by atoms with Crippen LogP contribution in [-0.2, 0) is 4.79 Å². The molecule has 0 aromatic heterocycles. The molecule has 5 nitrogen and oxygen atoms in total. The van der Waals surface area contributed by atoms with Gasteiger partial charge in [0.2, 0.25) is 5.91 Å². The number of hydrogen-bond donors (Lipinski definition) is 2. The molecule has 1 aliphatic carbocycles. The van der Waals surface area contributed by atoms with Crippen LogP contribution < -0.4 is 5.32 Å². The first-order valence-electron chi connectivity index (χ1n) is 8.99. The fourth-order valence-corrected chi connectivity index (χ4v) is 3.83. The van der Waals surface area contributed by atoms with Gasteiger partial charge in [-0.05, 0) is 56.7 Å². The van der Waals surface area contributed by atoms with Gasteiger partial charge in [0.1, 0.15) is 5.82 Å². The Kier molecular flexibility index (Phi) is 5.37. The molecule has 3 rings (SSSR count). The Morgan fingerprint density at radius 3 is 2.64 bits per heavy atom. The van der Waals surface area contributed by atoms with Gasteiger partial charge in [0.25, 0.3) is 5.91 Å². The van der Waals surface area contributed by atoms with Gasteiger partial charge < -0.3 is 15.3 Å². The predicted molar refractivity (Wildman–Crippen MR) is 91.6 cm³/mol. The molecule has 1 aromatic carbocycles. The van der Waals surface area contributed by atoms with Crippen LogP contribution in [0.25, 0.3) is 0 Å². The van der Waals surface area contributed by atoms with E-state index in [9.17, 15) is 19.1 Å². The minimum absolute atomic E-state index is 0.0810. The summed E-state index contributed by atoms with van der Waals surface area (Å²) in [5.41, 5.74) is 0.935. The van der Waals surface area contributed by atoms with Crippen molar-refractivity contribution in [3.63, 3.8) is 0 Å². The Morgan fingerprint density at radius 2 is 1.92 bits per heavy atom. The lowest BCUT2D eigenvalue weighted by Crippen LogP contribution is -2.41. The van der Waals surface area contributed by atoms with E-state index in [4.69, 9.17) is 0 Å². The number of aliphatic hydroxyl groups is 1. The number of benzene rings is 1. The topological polar surface area (TPSA) is 69.6 Å². The number of halogens is 1. The number of carbonyl (C=O) groups is 2. The van der Waals surface area contributed by atoms with E-state index in [1.807, 2.05) is 4.90 Å². The number of aryl methyl sites for hydroxylation is 1. The van der Waals surface area contributed by atoms with Crippen LogP contribution in [0.4, 0.5) is 4.39 Å². The SMILES string of the molecule is Cc1ccc(F)cc1C(=O)N[C@@H]1C[C@H](C(=O)N2CCCCC2)C[C@H]1O. The predicted octanol–water partition coefficient (Wildman–Crippen LogP) is 2.02. The van der Waals surface area contributed by atoms with E-state index >= 15 is 0 Å². The highest BCUT2D eigenvalue weighted by Gasteiger charge is 2.39. The number of hydrogen-bond acceptors (Lipinski definition) is 3. The summed E-state index contributed by atoms with van der Waals surface area (Å²) >= 11 is 0. The third kappa shape index (κ3) is 4.00. The lowest BCUT2D eigenvalue weighted by molar-refractivity contribution is -0.136. The summed E-state index contributed by atoms with van der Waals surface area (Å²) in [5.74, 6) is -1.06. The van der Waals surface area contributed by atoms with E-state index in [1.54, 1.807) is 13.0 Å². The molecule has 0 bridgehead atoms. The fourth-order valence-electron chi connectivity index (χ4n) is 3.83. The largest absolute Gasteiger partial charge is 0.391 e. The maximum Gasteiger partial charge on any atom is 0.251 e. The van der Waals surface area contributed by atoms with Gasteiger partial charge in [0, 0.05) is 24.6 Å². The third-order valence-electron chi connectivity index (χ3n) is 5.31. The number of carbonyl (C=O) groups excluding carboxylic acids is 2. The summed E-state index contributed by atoms with van der Waals surface area (Å²) in [4.78, 5) is 26.9. The second-order valence-corrected chi connectivity index (χ2v) is 7.16. The molecule has 1 aliphatic heterocycles. The Hall–Kier alpha value is -1.95. The Bertz CT molecular complexity index is 658. The highest BCUT2D eigenvalue weighted by molar-refractivity contribution is 5.96. The summed E-state index contributed by atoms with van der Waals surface area (Å²) in [5, 5.41) is 13.0. The molecular formula is C19H25FN2O3. The van der Waals surface area contributed by atoms with Crippen molar-refractivity contribution in [1.29, 1.82) is 0 Å². The van der Waals surface area contributed by atoms with Crippen molar-refractivity contribution in [2.24, 2.45) is 5.92 Å². The zero-order valence-corrected chi connectivity index (χ0v) is 14.5. The van der Waals surface area contributed by atoms with Crippen molar-refractivity contribution in [1.82, 2.24) is 10.2 Å². The highest BCUT2D eigenvalue weighted by atomic mass is 19.1. The quantitative estimate of drug-likeness (QED) is 0.878. The van der Waals surface area contributed by atoms with E-state index in [2.05, 4.69) is 5.32 Å². The summed E-state index contributed by atoms with van der Waals surface area (Å²) < 4.78 is 13.4. The fraction of sp³-hybridized carbons (Fsp3) is 0.579. The summed E-state index contributed by atoms with van der Waals surface area (Å²) in [6.07, 6.45) is 3.25. The van der Waals surface area contributed by atoms with E-state index < -0.39 is 23.9 Å². The smallest absolute Gasteiger partial charge is 0.251 e. The zero-order valence-electron chi connectivity index (χ0n) is 14.5. The van der Waals surface area contributed by atoms with Gasteiger partial charge in [-0.3, -0.25) is 9.59 Å². The van der Waals surface area contributed by atoms with Crippen LogP contribution in [-0.4, -0.2) is 47.1 Å². The van der Waals surface area contributed by atoms with E-state index in [0.717, 1.165) is 32.4 Å². The van der Waals surface area contributed by atoms with Gasteiger partial charge in [-0.15, -0.1) is 0 Å². The number of aliphatic hydroxyl groups excluding tert-OH is 1. The van der Waals surface area contributed by atoms with Gasteiger partial charge in [0.05, 0.1) is 12.1 Å². The zero-order chi connectivity index (χ0) is 18.0. The maximum absolute atomic E-state index is 13.4. The Balaban J connectivity index is 1.62. The number of amides is 2. The monoisotopic (exact) mass is 348 g/mol. The molecule has 136 valence electrons. The first-order valence-corrected chi connectivity index (χ1v) is 8.99. The van der Waals surface area contributed by atoms with Gasteiger partial charge in [-0.1, -0.05) is 6.07 Å². The normalized spacial score (nSPS) is 26.5. The van der Waals surface area contributed by atoms with Crippen molar-refractivity contribution >= 4 is 11.8 Å². The van der Waals surface area contributed by atoms with Crippen LogP contribution in [0.2, 0.25) is 0 Å². The van der Waals surface area contributed by atoms with Crippen LogP contribution in [0.1, 0.15) is 48.0 Å². The average molecular weight is 348 g/mol. The van der Waals surface area contributed by atoms with Crippen LogP contribution in [0.15, 0.2) is 18.2 Å². The van der Waals surface area contributed by atoms with E-state index in [0.29, 0.717) is 18.4 Å². The number of rotatable bonds is 3. The molecule has 1 heterocycles. The molecule has 25 heavy (non-hydrogen) atoms. The Labute approximate surface area is 147 Å². The van der Waals surface area contributed by atoms with Gasteiger partial charge in [-0.2, -0.15) is 0 Å². The Morgan fingerprint density at radius 1 is 1.20 bits per heavy atom. The van der Waals surface area contributed by atoms with Crippen molar-refractivity contribution in [3.8, 4) is 0 Å². The molecular weight excluding hydrogens is 323 g/mol. The van der Waals surface area contributed by atoms with E-state index in [-0.39, 0.29) is 17.4 Å². The number of likely N-dealkylation sites (tertiary alicyclic amines) is 1. The first-order chi connectivity index (χ1) is 12.0. The molecule has 2 aliphatic rings. The molecule has 2 amide bonds. The minimum atomic E-state index is -0.753. The maximum atomic E-state index is 13.4. The second-order valence-electron chi connectivity index (χ2n) is 7.16. The van der Waals surface area contributed by atoms with E-state index in [1.165, 1.54) is 12.1 Å². The molecule has 6 heteroatoms. The average Bonchev–Trinajstić information content (AvgIpc) is 2.97. The number of piperidine rings is 1. The van der Waals surface area contributed by atoms with Crippen molar-refractivity contribution < 1.29 is 19.1 Å². The summed E-state index contributed by atoms with van der Waals surface area (Å²) in [7, 11) is 0.